The Bertz CT molecular complexity index is 993. The second-order valence-electron chi connectivity index (χ2n) is 6.63. The third-order valence-corrected chi connectivity index (χ3v) is 5.05. The van der Waals surface area contributed by atoms with E-state index >= 15 is 0 Å². The van der Waals surface area contributed by atoms with E-state index in [0.29, 0.717) is 18.4 Å². The molecule has 1 atom stereocenters. The van der Waals surface area contributed by atoms with Crippen LogP contribution >= 0.6 is 0 Å². The highest BCUT2D eigenvalue weighted by molar-refractivity contribution is 6.09. The maximum Gasteiger partial charge on any atom is 0.260 e. The number of rotatable bonds is 2. The Morgan fingerprint density at radius 3 is 2.84 bits per heavy atom. The van der Waals surface area contributed by atoms with Crippen molar-refractivity contribution in [1.82, 2.24) is 19.7 Å². The molecular formula is C19H17N5O. The third-order valence-electron chi connectivity index (χ3n) is 5.05. The molecule has 0 radical (unpaired) electrons. The molecule has 0 bridgehead atoms. The van der Waals surface area contributed by atoms with Crippen molar-refractivity contribution in [3.63, 3.8) is 0 Å². The molecule has 0 unspecified atom stereocenters. The first-order valence-electron chi connectivity index (χ1n) is 8.53. The standard InChI is InChI=1S/C19H17N5O/c1-12-9-10-17-21-22-18(24(12)17)15-7-4-8-16(20-15)23-11-13-5-2-3-6-14(13)19(23)25/h2-8,12H,9-11H2,1H3/t12-/m1/s1. The van der Waals surface area contributed by atoms with Gasteiger partial charge in [0.1, 0.15) is 17.3 Å². The number of benzene rings is 1. The molecule has 0 fully saturated rings. The Labute approximate surface area is 145 Å². The third kappa shape index (κ3) is 2.10. The van der Waals surface area contributed by atoms with Gasteiger partial charge in [-0.2, -0.15) is 0 Å². The van der Waals surface area contributed by atoms with Gasteiger partial charge < -0.3 is 4.57 Å². The number of amides is 1. The maximum absolute atomic E-state index is 12.7. The highest BCUT2D eigenvalue weighted by atomic mass is 16.2. The van der Waals surface area contributed by atoms with Gasteiger partial charge in [0.05, 0.1) is 6.54 Å². The molecule has 2 aliphatic rings. The molecule has 0 aliphatic carbocycles. The number of aryl methyl sites for hydroxylation is 1. The van der Waals surface area contributed by atoms with Crippen LogP contribution in [0.5, 0.6) is 0 Å². The number of pyridine rings is 1. The minimum atomic E-state index is 0.0000836. The van der Waals surface area contributed by atoms with E-state index in [9.17, 15) is 4.79 Å². The van der Waals surface area contributed by atoms with E-state index in [1.54, 1.807) is 4.90 Å². The molecule has 6 nitrogen and oxygen atoms in total. The van der Waals surface area contributed by atoms with E-state index in [-0.39, 0.29) is 5.91 Å². The highest BCUT2D eigenvalue weighted by Gasteiger charge is 2.30. The molecular weight excluding hydrogens is 314 g/mol. The summed E-state index contributed by atoms with van der Waals surface area (Å²) in [5, 5.41) is 8.62. The van der Waals surface area contributed by atoms with Crippen LogP contribution in [-0.2, 0) is 13.0 Å². The van der Waals surface area contributed by atoms with Crippen molar-refractivity contribution >= 4 is 11.7 Å². The molecule has 124 valence electrons. The number of hydrogen-bond donors (Lipinski definition) is 0. The van der Waals surface area contributed by atoms with E-state index < -0.39 is 0 Å². The zero-order valence-corrected chi connectivity index (χ0v) is 13.9. The van der Waals surface area contributed by atoms with Gasteiger partial charge in [0, 0.05) is 18.0 Å². The molecule has 0 saturated carbocycles. The SMILES string of the molecule is C[C@@H]1CCc2nnc(-c3cccc(N4Cc5ccccc5C4=O)n3)n21. The number of carbonyl (C=O) groups excluding carboxylic acids is 1. The quantitative estimate of drug-likeness (QED) is 0.724. The summed E-state index contributed by atoms with van der Waals surface area (Å²) in [6, 6.07) is 13.8. The number of hydrogen-bond acceptors (Lipinski definition) is 4. The van der Waals surface area contributed by atoms with E-state index in [4.69, 9.17) is 4.98 Å². The molecule has 0 saturated heterocycles. The summed E-state index contributed by atoms with van der Waals surface area (Å²) in [5.74, 6) is 2.45. The van der Waals surface area contributed by atoms with Gasteiger partial charge in [0.25, 0.3) is 5.91 Å². The summed E-state index contributed by atoms with van der Waals surface area (Å²) in [7, 11) is 0. The Morgan fingerprint density at radius 2 is 1.96 bits per heavy atom. The first-order chi connectivity index (χ1) is 12.2. The van der Waals surface area contributed by atoms with Crippen LogP contribution in [0.15, 0.2) is 42.5 Å². The molecule has 1 amide bonds. The van der Waals surface area contributed by atoms with Crippen LogP contribution in [0.4, 0.5) is 5.82 Å². The highest BCUT2D eigenvalue weighted by Crippen LogP contribution is 2.32. The minimum Gasteiger partial charge on any atom is -0.307 e. The van der Waals surface area contributed by atoms with Gasteiger partial charge in [-0.25, -0.2) is 4.98 Å². The average Bonchev–Trinajstić information content (AvgIpc) is 3.31. The predicted octanol–water partition coefficient (Wildman–Crippen LogP) is 3.01. The number of aromatic nitrogens is 4. The van der Waals surface area contributed by atoms with Crippen LogP contribution in [-0.4, -0.2) is 25.7 Å². The number of anilines is 1. The molecule has 0 spiro atoms. The van der Waals surface area contributed by atoms with Crippen molar-refractivity contribution in [1.29, 1.82) is 0 Å². The number of nitrogens with zero attached hydrogens (tertiary/aromatic N) is 5. The first kappa shape index (κ1) is 14.3. The predicted molar refractivity (Wildman–Crippen MR) is 93.2 cm³/mol. The average molecular weight is 331 g/mol. The zero-order valence-electron chi connectivity index (χ0n) is 13.9. The van der Waals surface area contributed by atoms with Crippen molar-refractivity contribution < 1.29 is 4.79 Å². The second-order valence-corrected chi connectivity index (χ2v) is 6.63. The smallest absolute Gasteiger partial charge is 0.260 e. The zero-order chi connectivity index (χ0) is 17.0. The van der Waals surface area contributed by atoms with Crippen LogP contribution < -0.4 is 4.90 Å². The van der Waals surface area contributed by atoms with Crippen LogP contribution in [0.2, 0.25) is 0 Å². The minimum absolute atomic E-state index is 0.0000836. The molecule has 25 heavy (non-hydrogen) atoms. The lowest BCUT2D eigenvalue weighted by Crippen LogP contribution is -2.24. The fraction of sp³-hybridized carbons (Fsp3) is 0.263. The summed E-state index contributed by atoms with van der Waals surface area (Å²) in [4.78, 5) is 19.1. The Balaban J connectivity index is 1.54. The van der Waals surface area contributed by atoms with Crippen molar-refractivity contribution in [2.75, 3.05) is 4.90 Å². The second kappa shape index (κ2) is 5.24. The van der Waals surface area contributed by atoms with E-state index in [1.165, 1.54) is 0 Å². The molecule has 2 aliphatic heterocycles. The van der Waals surface area contributed by atoms with Crippen LogP contribution in [0.25, 0.3) is 11.5 Å². The first-order valence-corrected chi connectivity index (χ1v) is 8.53. The molecule has 1 aromatic carbocycles. The molecule has 0 N–H and O–H groups in total. The normalized spacial score (nSPS) is 18.5. The van der Waals surface area contributed by atoms with Crippen molar-refractivity contribution in [2.24, 2.45) is 0 Å². The molecule has 2 aromatic heterocycles. The summed E-state index contributed by atoms with van der Waals surface area (Å²) in [5.41, 5.74) is 2.55. The molecule has 4 heterocycles. The maximum atomic E-state index is 12.7. The van der Waals surface area contributed by atoms with Gasteiger partial charge in [0.2, 0.25) is 0 Å². The Hall–Kier alpha value is -3.02. The Kier molecular flexibility index (Phi) is 3.00. The number of fused-ring (bicyclic) bond motifs is 2. The largest absolute Gasteiger partial charge is 0.307 e. The Morgan fingerprint density at radius 1 is 1.08 bits per heavy atom. The lowest BCUT2D eigenvalue weighted by molar-refractivity contribution is 0.0996. The summed E-state index contributed by atoms with van der Waals surface area (Å²) in [6.07, 6.45) is 2.03. The lowest BCUT2D eigenvalue weighted by Gasteiger charge is -2.16. The van der Waals surface area contributed by atoms with Gasteiger partial charge in [-0.3, -0.25) is 9.69 Å². The van der Waals surface area contributed by atoms with Gasteiger partial charge in [-0.05, 0) is 37.1 Å². The van der Waals surface area contributed by atoms with Gasteiger partial charge in [-0.1, -0.05) is 24.3 Å². The van der Waals surface area contributed by atoms with Crippen LogP contribution in [0, 0.1) is 0 Å². The molecule has 5 rings (SSSR count). The van der Waals surface area contributed by atoms with Crippen molar-refractivity contribution in [3.05, 3.63) is 59.4 Å². The van der Waals surface area contributed by atoms with Gasteiger partial charge >= 0.3 is 0 Å². The topological polar surface area (TPSA) is 63.9 Å². The number of carbonyl (C=O) groups is 1. The lowest BCUT2D eigenvalue weighted by atomic mass is 10.1. The van der Waals surface area contributed by atoms with E-state index in [0.717, 1.165) is 41.3 Å². The summed E-state index contributed by atoms with van der Waals surface area (Å²) >= 11 is 0. The molecule has 6 heteroatoms. The summed E-state index contributed by atoms with van der Waals surface area (Å²) < 4.78 is 2.16. The fourth-order valence-electron chi connectivity index (χ4n) is 3.74. The summed E-state index contributed by atoms with van der Waals surface area (Å²) in [6.45, 7) is 2.73. The van der Waals surface area contributed by atoms with E-state index in [2.05, 4.69) is 21.7 Å². The van der Waals surface area contributed by atoms with Gasteiger partial charge in [0.15, 0.2) is 5.82 Å². The van der Waals surface area contributed by atoms with Crippen LogP contribution in [0.3, 0.4) is 0 Å². The van der Waals surface area contributed by atoms with Crippen molar-refractivity contribution in [3.8, 4) is 11.5 Å². The van der Waals surface area contributed by atoms with E-state index in [1.807, 2.05) is 42.5 Å². The fourth-order valence-corrected chi connectivity index (χ4v) is 3.74. The molecule has 3 aromatic rings. The van der Waals surface area contributed by atoms with Crippen molar-refractivity contribution in [2.45, 2.75) is 32.4 Å². The van der Waals surface area contributed by atoms with Crippen LogP contribution in [0.1, 0.15) is 41.1 Å². The monoisotopic (exact) mass is 331 g/mol. The van der Waals surface area contributed by atoms with Gasteiger partial charge in [-0.15, -0.1) is 10.2 Å².